The predicted octanol–water partition coefficient (Wildman–Crippen LogP) is 1.57. The van der Waals surface area contributed by atoms with Crippen LogP contribution >= 0.6 is 0 Å². The minimum absolute atomic E-state index is 0.0252. The van der Waals surface area contributed by atoms with Crippen molar-refractivity contribution in [1.29, 1.82) is 0 Å². The van der Waals surface area contributed by atoms with Crippen molar-refractivity contribution in [2.24, 2.45) is 10.2 Å². The van der Waals surface area contributed by atoms with Crippen LogP contribution in [0.25, 0.3) is 0 Å². The summed E-state index contributed by atoms with van der Waals surface area (Å²) in [7, 11) is 2.11. The number of hydrogen-bond donors (Lipinski definition) is 1. The quantitative estimate of drug-likeness (QED) is 0.470. The second-order valence-electron chi connectivity index (χ2n) is 6.12. The zero-order valence-electron chi connectivity index (χ0n) is 15.5. The van der Waals surface area contributed by atoms with Gasteiger partial charge in [-0.2, -0.15) is 30.3 Å². The molecule has 3 rings (SSSR count). The maximum atomic E-state index is 10.6. The van der Waals surface area contributed by atoms with Crippen molar-refractivity contribution in [3.05, 3.63) is 41.7 Å². The molecule has 1 atom stereocenters. The highest BCUT2D eigenvalue weighted by atomic mass is 16.3. The zero-order valence-corrected chi connectivity index (χ0v) is 15.5. The number of likely N-dealkylation sites (tertiary alicyclic amines) is 1. The Morgan fingerprint density at radius 3 is 2.70 bits per heavy atom. The molecule has 2 heterocycles. The molecule has 0 aliphatic carbocycles. The molecule has 1 saturated heterocycles. The molecular weight excluding hydrogens is 346 g/mol. The maximum Gasteiger partial charge on any atom is 0.152 e. The van der Waals surface area contributed by atoms with Crippen LogP contribution in [0.15, 0.2) is 40.7 Å². The lowest BCUT2D eigenvalue weighted by atomic mass is 10.1. The number of piperidine rings is 1. The number of aromatic nitrogens is 3. The van der Waals surface area contributed by atoms with Gasteiger partial charge in [-0.1, -0.05) is 12.1 Å². The molecule has 1 aliphatic heterocycles. The normalized spacial score (nSPS) is 16.7. The Kier molecular flexibility index (Phi) is 7.78. The van der Waals surface area contributed by atoms with Crippen LogP contribution in [0.1, 0.15) is 34.9 Å². The highest BCUT2D eigenvalue weighted by Crippen LogP contribution is 2.19. The number of carbonyl (C=O) groups is 1. The van der Waals surface area contributed by atoms with Gasteiger partial charge in [0.2, 0.25) is 0 Å². The molecule has 1 aliphatic rings. The van der Waals surface area contributed by atoms with E-state index in [1.165, 1.54) is 11.5 Å². The number of likely N-dealkylation sites (N-methyl/N-ethyl adjacent to an activating group) is 1. The van der Waals surface area contributed by atoms with Crippen molar-refractivity contribution in [2.45, 2.75) is 25.5 Å². The molecule has 1 fully saturated rings. The summed E-state index contributed by atoms with van der Waals surface area (Å²) in [5.41, 5.74) is 1.73. The van der Waals surface area contributed by atoms with E-state index in [9.17, 15) is 4.79 Å². The first kappa shape index (κ1) is 20.4. The van der Waals surface area contributed by atoms with Crippen LogP contribution in [-0.4, -0.2) is 64.9 Å². The third kappa shape index (κ3) is 5.53. The van der Waals surface area contributed by atoms with Crippen LogP contribution in [0.4, 0.5) is 5.69 Å². The molecule has 0 bridgehead atoms. The summed E-state index contributed by atoms with van der Waals surface area (Å²) in [4.78, 5) is 14.6. The standard InChI is InChI=1S/C9H16N4O.C9H9N3O/c1-12-4-2-3-9(6-12)13-10-5-8(7-14)11-13;1-10-12(11-2)9-6-4-3-5-8(9)7-13/h5,9,14H,2-4,6-7H2,1H3;3-7H,1-2H2. The van der Waals surface area contributed by atoms with Crippen molar-refractivity contribution in [3.63, 3.8) is 0 Å². The number of para-hydroxylation sites is 1. The van der Waals surface area contributed by atoms with Crippen LogP contribution in [0.3, 0.4) is 0 Å². The minimum atomic E-state index is -0.0252. The molecule has 1 aromatic carbocycles. The molecule has 27 heavy (non-hydrogen) atoms. The van der Waals surface area contributed by atoms with Gasteiger partial charge in [0.15, 0.2) is 6.29 Å². The molecule has 2 aromatic rings. The van der Waals surface area contributed by atoms with Crippen LogP contribution in [0.5, 0.6) is 0 Å². The van der Waals surface area contributed by atoms with Gasteiger partial charge in [-0.25, -0.2) is 0 Å². The Balaban J connectivity index is 0.000000194. The van der Waals surface area contributed by atoms with Crippen molar-refractivity contribution in [2.75, 3.05) is 25.3 Å². The smallest absolute Gasteiger partial charge is 0.152 e. The van der Waals surface area contributed by atoms with Gasteiger partial charge in [0.25, 0.3) is 0 Å². The lowest BCUT2D eigenvalue weighted by Gasteiger charge is -2.28. The SMILES string of the molecule is C=NN(N=C)c1ccccc1C=O.CN1CCCC(n2ncc(CO)n2)C1. The van der Waals surface area contributed by atoms with E-state index in [-0.39, 0.29) is 6.61 Å². The van der Waals surface area contributed by atoms with Crippen LogP contribution < -0.4 is 5.12 Å². The number of aliphatic hydroxyl groups is 1. The third-order valence-corrected chi connectivity index (χ3v) is 4.19. The van der Waals surface area contributed by atoms with E-state index < -0.39 is 0 Å². The van der Waals surface area contributed by atoms with Crippen LogP contribution in [-0.2, 0) is 6.61 Å². The summed E-state index contributed by atoms with van der Waals surface area (Å²) in [5.74, 6) is 0. The van der Waals surface area contributed by atoms with Gasteiger partial charge in [-0.15, -0.1) is 0 Å². The fraction of sp³-hybridized carbons (Fsp3) is 0.389. The third-order valence-electron chi connectivity index (χ3n) is 4.19. The number of rotatable bonds is 6. The van der Waals surface area contributed by atoms with E-state index in [0.29, 0.717) is 23.0 Å². The Morgan fingerprint density at radius 1 is 1.37 bits per heavy atom. The van der Waals surface area contributed by atoms with Gasteiger partial charge < -0.3 is 10.0 Å². The highest BCUT2D eigenvalue weighted by molar-refractivity contribution is 5.84. The number of nitrogens with zero attached hydrogens (tertiary/aromatic N) is 7. The summed E-state index contributed by atoms with van der Waals surface area (Å²) in [5, 5.41) is 25.6. The van der Waals surface area contributed by atoms with Crippen LogP contribution in [0.2, 0.25) is 0 Å². The molecule has 0 saturated carbocycles. The Hall–Kier alpha value is -2.91. The van der Waals surface area contributed by atoms with Gasteiger partial charge in [0.1, 0.15) is 5.69 Å². The topological polar surface area (TPSA) is 99.2 Å². The number of aldehydes is 1. The molecule has 0 spiro atoms. The van der Waals surface area contributed by atoms with Crippen molar-refractivity contribution in [3.8, 4) is 0 Å². The molecular formula is C18H25N7O2. The molecule has 0 radical (unpaired) electrons. The highest BCUT2D eigenvalue weighted by Gasteiger charge is 2.20. The van der Waals surface area contributed by atoms with Crippen LogP contribution in [0, 0.1) is 0 Å². The average Bonchev–Trinajstić information content (AvgIpc) is 3.19. The first-order chi connectivity index (χ1) is 13.1. The lowest BCUT2D eigenvalue weighted by molar-refractivity contribution is 0.112. The van der Waals surface area contributed by atoms with E-state index in [1.807, 2.05) is 0 Å². The molecule has 1 aromatic heterocycles. The summed E-state index contributed by atoms with van der Waals surface area (Å²) >= 11 is 0. The molecule has 9 heteroatoms. The maximum absolute atomic E-state index is 10.6. The summed E-state index contributed by atoms with van der Waals surface area (Å²) < 4.78 is 0. The molecule has 1 N–H and O–H groups in total. The summed E-state index contributed by atoms with van der Waals surface area (Å²) in [6, 6.07) is 7.30. The van der Waals surface area contributed by atoms with Gasteiger partial charge in [-0.3, -0.25) is 4.79 Å². The van der Waals surface area contributed by atoms with Gasteiger partial charge in [-0.05, 0) is 38.6 Å². The fourth-order valence-electron chi connectivity index (χ4n) is 2.85. The zero-order chi connectivity index (χ0) is 19.6. The molecule has 9 nitrogen and oxygen atoms in total. The largest absolute Gasteiger partial charge is 0.390 e. The van der Waals surface area contributed by atoms with E-state index in [1.54, 1.807) is 35.3 Å². The number of carbonyl (C=O) groups excluding carboxylic acids is 1. The van der Waals surface area contributed by atoms with E-state index in [2.05, 4.69) is 45.8 Å². The number of anilines is 1. The minimum Gasteiger partial charge on any atom is -0.390 e. The monoisotopic (exact) mass is 371 g/mol. The summed E-state index contributed by atoms with van der Waals surface area (Å²) in [6.45, 7) is 8.75. The second-order valence-corrected chi connectivity index (χ2v) is 6.12. The Morgan fingerprint density at radius 2 is 2.11 bits per heavy atom. The second kappa shape index (κ2) is 10.3. The molecule has 1 unspecified atom stereocenters. The number of aliphatic hydroxyl groups excluding tert-OH is 1. The lowest BCUT2D eigenvalue weighted by Crippen LogP contribution is -2.34. The predicted molar refractivity (Wildman–Crippen MR) is 105 cm³/mol. The summed E-state index contributed by atoms with van der Waals surface area (Å²) in [6.07, 6.45) is 4.69. The van der Waals surface area contributed by atoms with Crippen molar-refractivity contribution < 1.29 is 9.90 Å². The number of benzene rings is 1. The van der Waals surface area contributed by atoms with Gasteiger partial charge in [0, 0.05) is 25.5 Å². The van der Waals surface area contributed by atoms with E-state index >= 15 is 0 Å². The molecule has 144 valence electrons. The Bertz CT molecular complexity index is 754. The Labute approximate surface area is 158 Å². The number of hydrogen-bond acceptors (Lipinski definition) is 8. The van der Waals surface area contributed by atoms with Crippen molar-refractivity contribution in [1.82, 2.24) is 19.9 Å². The number of hydrazone groups is 2. The van der Waals surface area contributed by atoms with Gasteiger partial charge >= 0.3 is 0 Å². The first-order valence-electron chi connectivity index (χ1n) is 8.60. The van der Waals surface area contributed by atoms with E-state index in [0.717, 1.165) is 25.8 Å². The fourth-order valence-corrected chi connectivity index (χ4v) is 2.85. The van der Waals surface area contributed by atoms with Gasteiger partial charge in [0.05, 0.1) is 24.5 Å². The first-order valence-corrected chi connectivity index (χ1v) is 8.60. The van der Waals surface area contributed by atoms with E-state index in [4.69, 9.17) is 5.11 Å². The molecule has 0 amide bonds. The van der Waals surface area contributed by atoms with Crippen molar-refractivity contribution >= 4 is 25.4 Å². The average molecular weight is 371 g/mol.